The number of halogens is 1. The summed E-state index contributed by atoms with van der Waals surface area (Å²) in [6.07, 6.45) is 12.7. The third kappa shape index (κ3) is 11.4. The van der Waals surface area contributed by atoms with Crippen molar-refractivity contribution in [1.29, 1.82) is 0 Å². The summed E-state index contributed by atoms with van der Waals surface area (Å²) in [4.78, 5) is 11.7. The molecule has 45 heavy (non-hydrogen) atoms. The largest absolute Gasteiger partial charge is 0.466 e. The van der Waals surface area contributed by atoms with Gasteiger partial charge in [0.05, 0.1) is 19.8 Å². The number of unbranched alkanes of at least 4 members (excludes halogenated alkanes) is 2. The first-order valence-corrected chi connectivity index (χ1v) is 18.6. The van der Waals surface area contributed by atoms with Gasteiger partial charge in [0, 0.05) is 16.7 Å². The van der Waals surface area contributed by atoms with Gasteiger partial charge in [-0.25, -0.2) is 4.79 Å². The first kappa shape index (κ1) is 36.4. The lowest BCUT2D eigenvalue weighted by molar-refractivity contribution is -0.136. The fraction of sp³-hybridized carbons (Fsp3) is 0.359. The van der Waals surface area contributed by atoms with Crippen molar-refractivity contribution in [2.24, 2.45) is 0 Å². The summed E-state index contributed by atoms with van der Waals surface area (Å²) < 4.78 is 19.1. The molecule has 0 aromatic heterocycles. The molecule has 0 heterocycles. The second kappa shape index (κ2) is 18.8. The predicted molar refractivity (Wildman–Crippen MR) is 194 cm³/mol. The van der Waals surface area contributed by atoms with E-state index in [1.54, 1.807) is 6.92 Å². The maximum absolute atomic E-state index is 11.7. The van der Waals surface area contributed by atoms with Crippen molar-refractivity contribution in [3.05, 3.63) is 131 Å². The summed E-state index contributed by atoms with van der Waals surface area (Å²) in [6.45, 7) is 9.97. The third-order valence-corrected chi connectivity index (χ3v) is 13.4. The minimum Gasteiger partial charge on any atom is -0.466 e. The SMILES string of the molecule is COC(=O)/C(C)=C/CCC[C@@H](/C=C(Br)/C=C/CCCO[Si](c1ccccc1)(c1ccccc1)C(C)(C)C)OCc1ccccc1. The zero-order valence-corrected chi connectivity index (χ0v) is 30.1. The summed E-state index contributed by atoms with van der Waals surface area (Å²) in [5, 5.41) is 2.59. The van der Waals surface area contributed by atoms with E-state index in [-0.39, 0.29) is 17.1 Å². The molecule has 0 unspecified atom stereocenters. The lowest BCUT2D eigenvalue weighted by Crippen LogP contribution is -2.66. The summed E-state index contributed by atoms with van der Waals surface area (Å²) >= 11 is 3.75. The molecular formula is C39H49BrO4Si. The second-order valence-electron chi connectivity index (χ2n) is 12.3. The Balaban J connectivity index is 1.62. The number of carbonyl (C=O) groups is 1. The molecule has 0 aliphatic carbocycles. The van der Waals surface area contributed by atoms with Crippen LogP contribution in [0.25, 0.3) is 0 Å². The van der Waals surface area contributed by atoms with E-state index in [9.17, 15) is 4.79 Å². The zero-order chi connectivity index (χ0) is 32.5. The van der Waals surface area contributed by atoms with Crippen LogP contribution in [0.5, 0.6) is 0 Å². The van der Waals surface area contributed by atoms with Crippen LogP contribution in [0.3, 0.4) is 0 Å². The number of hydrogen-bond donors (Lipinski definition) is 0. The number of esters is 1. The van der Waals surface area contributed by atoms with Gasteiger partial charge in [-0.05, 0) is 66.1 Å². The third-order valence-electron chi connectivity index (χ3n) is 7.83. The van der Waals surface area contributed by atoms with E-state index in [1.807, 2.05) is 24.3 Å². The summed E-state index contributed by atoms with van der Waals surface area (Å²) in [6, 6.07) is 31.8. The van der Waals surface area contributed by atoms with Crippen LogP contribution in [0.1, 0.15) is 65.4 Å². The van der Waals surface area contributed by atoms with Crippen molar-refractivity contribution >= 4 is 40.6 Å². The highest BCUT2D eigenvalue weighted by Crippen LogP contribution is 2.36. The highest BCUT2D eigenvalue weighted by atomic mass is 79.9. The molecule has 0 aliphatic heterocycles. The Morgan fingerprint density at radius 3 is 2.00 bits per heavy atom. The Bertz CT molecular complexity index is 1340. The molecule has 4 nitrogen and oxygen atoms in total. The molecular weight excluding hydrogens is 640 g/mol. The molecule has 3 aromatic rings. The molecule has 0 N–H and O–H groups in total. The fourth-order valence-corrected chi connectivity index (χ4v) is 10.6. The molecule has 0 radical (unpaired) electrons. The Hall–Kier alpha value is -3.03. The van der Waals surface area contributed by atoms with Crippen molar-refractivity contribution in [2.45, 2.75) is 77.5 Å². The van der Waals surface area contributed by atoms with Crippen molar-refractivity contribution in [1.82, 2.24) is 0 Å². The molecule has 0 bridgehead atoms. The molecule has 0 saturated carbocycles. The number of ether oxygens (including phenoxy) is 2. The number of methoxy groups -OCH3 is 1. The highest BCUT2D eigenvalue weighted by molar-refractivity contribution is 9.11. The van der Waals surface area contributed by atoms with Crippen molar-refractivity contribution in [2.75, 3.05) is 13.7 Å². The van der Waals surface area contributed by atoms with Gasteiger partial charge in [-0.15, -0.1) is 0 Å². The number of carbonyl (C=O) groups excluding carboxylic acids is 1. The van der Waals surface area contributed by atoms with E-state index in [0.29, 0.717) is 18.8 Å². The number of allylic oxidation sites excluding steroid dienone is 4. The van der Waals surface area contributed by atoms with Crippen molar-refractivity contribution < 1.29 is 18.7 Å². The van der Waals surface area contributed by atoms with E-state index in [0.717, 1.165) is 42.1 Å². The molecule has 0 saturated heterocycles. The van der Waals surface area contributed by atoms with Crippen molar-refractivity contribution in [3.8, 4) is 0 Å². The Morgan fingerprint density at radius 2 is 1.44 bits per heavy atom. The average Bonchev–Trinajstić information content (AvgIpc) is 3.05. The predicted octanol–water partition coefficient (Wildman–Crippen LogP) is 9.05. The van der Waals surface area contributed by atoms with Gasteiger partial charge in [0.25, 0.3) is 8.32 Å². The lowest BCUT2D eigenvalue weighted by Gasteiger charge is -2.43. The van der Waals surface area contributed by atoms with Crippen LogP contribution in [0, 0.1) is 0 Å². The molecule has 0 amide bonds. The number of hydrogen-bond acceptors (Lipinski definition) is 4. The molecule has 1 atom stereocenters. The van der Waals surface area contributed by atoms with Crippen molar-refractivity contribution in [3.63, 3.8) is 0 Å². The minimum atomic E-state index is -2.51. The lowest BCUT2D eigenvalue weighted by atomic mass is 10.1. The smallest absolute Gasteiger partial charge is 0.333 e. The summed E-state index contributed by atoms with van der Waals surface area (Å²) in [7, 11) is -1.10. The van der Waals surface area contributed by atoms with E-state index >= 15 is 0 Å². The molecule has 240 valence electrons. The van der Waals surface area contributed by atoms with Crippen LogP contribution >= 0.6 is 15.9 Å². The Kier molecular flexibility index (Phi) is 15.2. The van der Waals surface area contributed by atoms with E-state index in [1.165, 1.54) is 17.5 Å². The molecule has 0 spiro atoms. The first-order valence-electron chi connectivity index (χ1n) is 15.9. The van der Waals surface area contributed by atoms with Crippen LogP contribution < -0.4 is 10.4 Å². The van der Waals surface area contributed by atoms with Gasteiger partial charge >= 0.3 is 5.97 Å². The van der Waals surface area contributed by atoms with E-state index in [4.69, 9.17) is 13.9 Å². The molecule has 0 aliphatic rings. The molecule has 3 aromatic carbocycles. The summed E-state index contributed by atoms with van der Waals surface area (Å²) in [5.74, 6) is -0.281. The maximum atomic E-state index is 11.7. The Labute approximate surface area is 280 Å². The van der Waals surface area contributed by atoms with Crippen LogP contribution in [0.2, 0.25) is 5.04 Å². The van der Waals surface area contributed by atoms with Gasteiger partial charge in [-0.3, -0.25) is 0 Å². The second-order valence-corrected chi connectivity index (χ2v) is 17.5. The van der Waals surface area contributed by atoms with Gasteiger partial charge < -0.3 is 13.9 Å². The van der Waals surface area contributed by atoms with E-state index < -0.39 is 8.32 Å². The monoisotopic (exact) mass is 688 g/mol. The minimum absolute atomic E-state index is 0.0279. The first-order chi connectivity index (χ1) is 21.7. The van der Waals surface area contributed by atoms with Crippen LogP contribution in [0.4, 0.5) is 0 Å². The topological polar surface area (TPSA) is 44.8 Å². The average molecular weight is 690 g/mol. The molecule has 3 rings (SSSR count). The van der Waals surface area contributed by atoms with Gasteiger partial charge in [-0.1, -0.05) is 146 Å². The van der Waals surface area contributed by atoms with Gasteiger partial charge in [0.15, 0.2) is 0 Å². The highest BCUT2D eigenvalue weighted by Gasteiger charge is 2.49. The normalized spacial score (nSPS) is 13.6. The van der Waals surface area contributed by atoms with Crippen LogP contribution in [-0.4, -0.2) is 34.1 Å². The van der Waals surface area contributed by atoms with Crippen LogP contribution in [-0.2, 0) is 25.3 Å². The van der Waals surface area contributed by atoms with Crippen LogP contribution in [0.15, 0.2) is 125 Å². The Morgan fingerprint density at radius 1 is 0.867 bits per heavy atom. The number of benzene rings is 3. The standard InChI is InChI=1S/C39H49BrO4Si/c1-32(38(41)42-5)20-17-18-24-35(43-31-33-21-10-6-11-22-33)30-34(40)23-12-9-19-29-44-45(39(2,3)4,36-25-13-7-14-26-36)37-27-15-8-16-28-37/h6-8,10-16,20-23,25-28,30,35H,9,17-19,24,29,31H2,1-5H3/b23-12+,32-20+,34-30-/t35-/m0/s1. The molecule has 0 fully saturated rings. The fourth-order valence-electron chi connectivity index (χ4n) is 5.49. The van der Waals surface area contributed by atoms with Gasteiger partial charge in [-0.2, -0.15) is 0 Å². The van der Waals surface area contributed by atoms with Gasteiger partial charge in [0.2, 0.25) is 0 Å². The van der Waals surface area contributed by atoms with Gasteiger partial charge in [0.1, 0.15) is 0 Å². The molecule has 6 heteroatoms. The number of rotatable bonds is 17. The maximum Gasteiger partial charge on any atom is 0.333 e. The van der Waals surface area contributed by atoms with E-state index in [2.05, 4.69) is 128 Å². The quantitative estimate of drug-likeness (QED) is 0.0467. The zero-order valence-electron chi connectivity index (χ0n) is 27.5. The summed E-state index contributed by atoms with van der Waals surface area (Å²) in [5.41, 5.74) is 1.78.